The summed E-state index contributed by atoms with van der Waals surface area (Å²) in [5.74, 6) is -1.03. The number of carbonyl (C=O) groups is 2. The van der Waals surface area contributed by atoms with Crippen molar-refractivity contribution in [2.45, 2.75) is 13.0 Å². The molecule has 0 aliphatic rings. The van der Waals surface area contributed by atoms with E-state index in [-0.39, 0.29) is 5.69 Å². The van der Waals surface area contributed by atoms with Crippen molar-refractivity contribution in [1.82, 2.24) is 10.3 Å². The molecule has 0 saturated heterocycles. The summed E-state index contributed by atoms with van der Waals surface area (Å²) in [6.07, 6.45) is 1.52. The highest BCUT2D eigenvalue weighted by Gasteiger charge is 2.18. The van der Waals surface area contributed by atoms with Crippen LogP contribution in [0.2, 0.25) is 0 Å². The molecule has 2 N–H and O–H groups in total. The zero-order chi connectivity index (χ0) is 13.1. The number of carboxylic acid groups (broad SMARTS) is 1. The highest BCUT2D eigenvalue weighted by atomic mass is 32.1. The molecule has 7 heteroatoms. The van der Waals surface area contributed by atoms with Crippen molar-refractivity contribution in [2.75, 3.05) is 0 Å². The molecule has 0 aliphatic carbocycles. The minimum absolute atomic E-state index is 0.180. The minimum Gasteiger partial charge on any atom is -0.480 e. The van der Waals surface area contributed by atoms with E-state index < -0.39 is 17.9 Å². The van der Waals surface area contributed by atoms with Crippen LogP contribution in [0.15, 0.2) is 28.2 Å². The Morgan fingerprint density at radius 3 is 2.94 bits per heavy atom. The summed E-state index contributed by atoms with van der Waals surface area (Å²) in [6, 6.07) is 2.51. The average molecular weight is 266 g/mol. The highest BCUT2D eigenvalue weighted by Crippen LogP contribution is 2.23. The number of hydrogen-bond acceptors (Lipinski definition) is 5. The van der Waals surface area contributed by atoms with Crippen LogP contribution in [0, 0.1) is 0 Å². The Kier molecular flexibility index (Phi) is 3.42. The molecule has 0 radical (unpaired) electrons. The predicted octanol–water partition coefficient (Wildman–Crippen LogP) is 1.61. The van der Waals surface area contributed by atoms with Gasteiger partial charge in [0.15, 0.2) is 10.8 Å². The summed E-state index contributed by atoms with van der Waals surface area (Å²) < 4.78 is 5.15. The number of rotatable bonds is 4. The molecule has 18 heavy (non-hydrogen) atoms. The molecule has 0 saturated carbocycles. The number of nitrogens with zero attached hydrogens (tertiary/aromatic N) is 1. The monoisotopic (exact) mass is 266 g/mol. The lowest BCUT2D eigenvalue weighted by Crippen LogP contribution is -2.38. The average Bonchev–Trinajstić information content (AvgIpc) is 2.99. The van der Waals surface area contributed by atoms with Gasteiger partial charge in [-0.1, -0.05) is 0 Å². The van der Waals surface area contributed by atoms with Gasteiger partial charge in [-0.3, -0.25) is 9.59 Å². The van der Waals surface area contributed by atoms with Gasteiger partial charge in [-0.2, -0.15) is 0 Å². The van der Waals surface area contributed by atoms with Crippen LogP contribution in [-0.4, -0.2) is 28.0 Å². The smallest absolute Gasteiger partial charge is 0.325 e. The fourth-order valence-corrected chi connectivity index (χ4v) is 1.99. The summed E-state index contributed by atoms with van der Waals surface area (Å²) >= 11 is 1.26. The van der Waals surface area contributed by atoms with Gasteiger partial charge in [0.05, 0.1) is 6.26 Å². The van der Waals surface area contributed by atoms with Crippen LogP contribution in [0.4, 0.5) is 0 Å². The van der Waals surface area contributed by atoms with Crippen LogP contribution in [0.3, 0.4) is 0 Å². The molecule has 2 rings (SSSR count). The quantitative estimate of drug-likeness (QED) is 0.877. The van der Waals surface area contributed by atoms with E-state index in [4.69, 9.17) is 9.52 Å². The van der Waals surface area contributed by atoms with E-state index >= 15 is 0 Å². The Bertz CT molecular complexity index is 561. The molecule has 0 unspecified atom stereocenters. The summed E-state index contributed by atoms with van der Waals surface area (Å²) in [4.78, 5) is 26.4. The molecule has 2 aromatic heterocycles. The second-order valence-corrected chi connectivity index (χ2v) is 4.41. The Labute approximate surface area is 106 Å². The van der Waals surface area contributed by atoms with Crippen molar-refractivity contribution in [3.63, 3.8) is 0 Å². The summed E-state index contributed by atoms with van der Waals surface area (Å²) in [6.45, 7) is 1.39. The molecule has 0 aliphatic heterocycles. The van der Waals surface area contributed by atoms with Crippen molar-refractivity contribution in [2.24, 2.45) is 0 Å². The van der Waals surface area contributed by atoms with E-state index in [0.29, 0.717) is 10.8 Å². The number of aliphatic carboxylic acids is 1. The topological polar surface area (TPSA) is 92.4 Å². The van der Waals surface area contributed by atoms with Gasteiger partial charge in [0, 0.05) is 5.38 Å². The van der Waals surface area contributed by atoms with E-state index in [1.54, 1.807) is 17.5 Å². The van der Waals surface area contributed by atoms with E-state index in [2.05, 4.69) is 10.3 Å². The molecular formula is C11H10N2O4S. The lowest BCUT2D eigenvalue weighted by atomic mass is 10.3. The third-order valence-corrected chi connectivity index (χ3v) is 3.04. The molecule has 1 amide bonds. The zero-order valence-electron chi connectivity index (χ0n) is 9.41. The van der Waals surface area contributed by atoms with E-state index in [1.807, 2.05) is 0 Å². The molecule has 2 heterocycles. The maximum atomic E-state index is 11.7. The van der Waals surface area contributed by atoms with Gasteiger partial charge in [0.1, 0.15) is 11.7 Å². The predicted molar refractivity (Wildman–Crippen MR) is 64.4 cm³/mol. The van der Waals surface area contributed by atoms with Crippen molar-refractivity contribution in [3.8, 4) is 10.8 Å². The molecule has 6 nitrogen and oxygen atoms in total. The zero-order valence-corrected chi connectivity index (χ0v) is 10.2. The minimum atomic E-state index is -1.09. The number of amides is 1. The number of thiazole rings is 1. The van der Waals surface area contributed by atoms with Gasteiger partial charge in [0.25, 0.3) is 5.91 Å². The van der Waals surface area contributed by atoms with Gasteiger partial charge in [-0.05, 0) is 19.1 Å². The number of nitrogens with one attached hydrogen (secondary N) is 1. The molecule has 94 valence electrons. The Morgan fingerprint density at radius 1 is 1.56 bits per heavy atom. The second-order valence-electron chi connectivity index (χ2n) is 3.55. The maximum absolute atomic E-state index is 11.7. The van der Waals surface area contributed by atoms with Crippen LogP contribution in [0.25, 0.3) is 10.8 Å². The molecule has 2 aromatic rings. The number of aromatic nitrogens is 1. The van der Waals surface area contributed by atoms with Crippen LogP contribution >= 0.6 is 11.3 Å². The number of hydrogen-bond donors (Lipinski definition) is 2. The Hall–Kier alpha value is -2.15. The summed E-state index contributed by atoms with van der Waals surface area (Å²) in [5.41, 5.74) is 0.180. The van der Waals surface area contributed by atoms with Crippen LogP contribution in [0.5, 0.6) is 0 Å². The first-order valence-electron chi connectivity index (χ1n) is 5.11. The van der Waals surface area contributed by atoms with Gasteiger partial charge in [-0.15, -0.1) is 11.3 Å². The van der Waals surface area contributed by atoms with Crippen molar-refractivity contribution >= 4 is 23.2 Å². The fourth-order valence-electron chi connectivity index (χ4n) is 1.22. The van der Waals surface area contributed by atoms with Crippen LogP contribution in [0.1, 0.15) is 17.4 Å². The summed E-state index contributed by atoms with van der Waals surface area (Å²) in [7, 11) is 0. The number of carboxylic acids is 1. The van der Waals surface area contributed by atoms with E-state index in [1.165, 1.54) is 24.5 Å². The second kappa shape index (κ2) is 5.01. The third kappa shape index (κ3) is 2.57. The molecule has 0 bridgehead atoms. The van der Waals surface area contributed by atoms with Gasteiger partial charge in [-0.25, -0.2) is 4.98 Å². The molecule has 0 fully saturated rings. The third-order valence-electron chi connectivity index (χ3n) is 2.19. The molecule has 0 aromatic carbocycles. The van der Waals surface area contributed by atoms with Crippen molar-refractivity contribution in [1.29, 1.82) is 0 Å². The van der Waals surface area contributed by atoms with E-state index in [9.17, 15) is 9.59 Å². The maximum Gasteiger partial charge on any atom is 0.325 e. The van der Waals surface area contributed by atoms with Crippen molar-refractivity contribution < 1.29 is 19.1 Å². The van der Waals surface area contributed by atoms with Gasteiger partial charge >= 0.3 is 5.97 Å². The standard InChI is InChI=1S/C11H10N2O4S/c1-6(11(15)16)12-9(14)7-5-18-10(13-7)8-3-2-4-17-8/h2-6H,1H3,(H,12,14)(H,15,16)/t6-/m1/s1. The normalized spacial score (nSPS) is 12.1. The first-order chi connectivity index (χ1) is 8.58. The molecule has 1 atom stereocenters. The van der Waals surface area contributed by atoms with E-state index in [0.717, 1.165) is 0 Å². The first-order valence-corrected chi connectivity index (χ1v) is 5.99. The molecule has 0 spiro atoms. The number of furan rings is 1. The lowest BCUT2D eigenvalue weighted by Gasteiger charge is -2.06. The van der Waals surface area contributed by atoms with Gasteiger partial charge in [0.2, 0.25) is 0 Å². The van der Waals surface area contributed by atoms with Crippen LogP contribution in [-0.2, 0) is 4.79 Å². The fraction of sp³-hybridized carbons (Fsp3) is 0.182. The lowest BCUT2D eigenvalue weighted by molar-refractivity contribution is -0.138. The summed E-state index contributed by atoms with van der Waals surface area (Å²) in [5, 5.41) is 13.1. The van der Waals surface area contributed by atoms with Gasteiger partial charge < -0.3 is 14.8 Å². The van der Waals surface area contributed by atoms with Crippen molar-refractivity contribution in [3.05, 3.63) is 29.5 Å². The SMILES string of the molecule is C[C@@H](NC(=O)c1csc(-c2ccco2)n1)C(=O)O. The highest BCUT2D eigenvalue weighted by molar-refractivity contribution is 7.13. The number of carbonyl (C=O) groups excluding carboxylic acids is 1. The Morgan fingerprint density at radius 2 is 2.33 bits per heavy atom. The Balaban J connectivity index is 2.11. The van der Waals surface area contributed by atoms with Crippen LogP contribution < -0.4 is 5.32 Å². The largest absolute Gasteiger partial charge is 0.480 e. The first kappa shape index (κ1) is 12.3. The molecular weight excluding hydrogens is 256 g/mol.